The molecule has 104 valence electrons. The van der Waals surface area contributed by atoms with Crippen LogP contribution in [0.15, 0.2) is 0 Å². The number of unbranched alkanes of at least 4 members (excludes halogenated alkanes) is 3. The van der Waals surface area contributed by atoms with Crippen molar-refractivity contribution in [2.45, 2.75) is 44.9 Å². The molecule has 1 rings (SSSR count). The summed E-state index contributed by atoms with van der Waals surface area (Å²) < 4.78 is 0. The van der Waals surface area contributed by atoms with Gasteiger partial charge in [0.1, 0.15) is 0 Å². The maximum atomic E-state index is 11.9. The standard InChI is InChI=1S/C13H24N2O3/c14-8-4-2-1-3-7-12(16)15-9-5-6-11(10-15)13(17)18/h11H,1-10,14H2,(H,17,18)/t11-/m0/s1. The van der Waals surface area contributed by atoms with E-state index in [0.29, 0.717) is 32.5 Å². The average molecular weight is 256 g/mol. The second-order valence-electron chi connectivity index (χ2n) is 4.97. The summed E-state index contributed by atoms with van der Waals surface area (Å²) in [6, 6.07) is 0. The van der Waals surface area contributed by atoms with Crippen molar-refractivity contribution in [2.75, 3.05) is 19.6 Å². The van der Waals surface area contributed by atoms with E-state index in [-0.39, 0.29) is 11.8 Å². The van der Waals surface area contributed by atoms with E-state index < -0.39 is 5.97 Å². The largest absolute Gasteiger partial charge is 0.481 e. The molecule has 0 aliphatic carbocycles. The van der Waals surface area contributed by atoms with Crippen LogP contribution in [0.25, 0.3) is 0 Å². The monoisotopic (exact) mass is 256 g/mol. The number of amides is 1. The second kappa shape index (κ2) is 8.08. The van der Waals surface area contributed by atoms with Gasteiger partial charge in [0.25, 0.3) is 0 Å². The summed E-state index contributed by atoms with van der Waals surface area (Å²) in [6.07, 6.45) is 6.02. The van der Waals surface area contributed by atoms with E-state index in [1.807, 2.05) is 0 Å². The summed E-state index contributed by atoms with van der Waals surface area (Å²) in [7, 11) is 0. The van der Waals surface area contributed by atoms with Crippen LogP contribution in [0.3, 0.4) is 0 Å². The number of nitrogens with two attached hydrogens (primary N) is 1. The van der Waals surface area contributed by atoms with Crippen LogP contribution in [-0.2, 0) is 9.59 Å². The normalized spacial score (nSPS) is 19.8. The van der Waals surface area contributed by atoms with Crippen molar-refractivity contribution in [3.05, 3.63) is 0 Å². The summed E-state index contributed by atoms with van der Waals surface area (Å²) in [5.74, 6) is -1.05. The predicted octanol–water partition coefficient (Wildman–Crippen LogP) is 1.22. The van der Waals surface area contributed by atoms with E-state index in [0.717, 1.165) is 32.1 Å². The minimum absolute atomic E-state index is 0.105. The molecule has 5 heteroatoms. The molecular formula is C13H24N2O3. The summed E-state index contributed by atoms with van der Waals surface area (Å²) in [6.45, 7) is 1.81. The van der Waals surface area contributed by atoms with Crippen molar-refractivity contribution in [3.63, 3.8) is 0 Å². The molecule has 0 aromatic heterocycles. The SMILES string of the molecule is NCCCCCCC(=O)N1CCC[C@H](C(=O)O)C1. The molecule has 0 bridgehead atoms. The van der Waals surface area contributed by atoms with Crippen molar-refractivity contribution in [3.8, 4) is 0 Å². The number of likely N-dealkylation sites (tertiary alicyclic amines) is 1. The molecule has 0 aromatic rings. The van der Waals surface area contributed by atoms with Crippen LogP contribution in [0.5, 0.6) is 0 Å². The van der Waals surface area contributed by atoms with Crippen molar-refractivity contribution < 1.29 is 14.7 Å². The molecule has 0 saturated carbocycles. The molecule has 1 aliphatic heterocycles. The molecule has 1 fully saturated rings. The number of hydrogen-bond donors (Lipinski definition) is 2. The van der Waals surface area contributed by atoms with Gasteiger partial charge in [-0.05, 0) is 32.2 Å². The number of carboxylic acids is 1. The van der Waals surface area contributed by atoms with E-state index in [2.05, 4.69) is 0 Å². The molecule has 1 atom stereocenters. The fraction of sp³-hybridized carbons (Fsp3) is 0.846. The van der Waals surface area contributed by atoms with Crippen LogP contribution in [-0.4, -0.2) is 41.5 Å². The van der Waals surface area contributed by atoms with Crippen LogP contribution in [0.4, 0.5) is 0 Å². The highest BCUT2D eigenvalue weighted by Crippen LogP contribution is 2.18. The number of rotatable bonds is 7. The van der Waals surface area contributed by atoms with Crippen LogP contribution < -0.4 is 5.73 Å². The number of carboxylic acid groups (broad SMARTS) is 1. The minimum atomic E-state index is -0.782. The first kappa shape index (κ1) is 15.0. The summed E-state index contributed by atoms with van der Waals surface area (Å²) in [5, 5.41) is 8.96. The van der Waals surface area contributed by atoms with Gasteiger partial charge in [0.05, 0.1) is 5.92 Å². The molecule has 1 saturated heterocycles. The third-order valence-corrected chi connectivity index (χ3v) is 3.47. The number of carbonyl (C=O) groups excluding carboxylic acids is 1. The van der Waals surface area contributed by atoms with Gasteiger partial charge < -0.3 is 15.7 Å². The van der Waals surface area contributed by atoms with Gasteiger partial charge in [-0.15, -0.1) is 0 Å². The number of nitrogens with zero attached hydrogens (tertiary/aromatic N) is 1. The average Bonchev–Trinajstić information content (AvgIpc) is 2.38. The zero-order valence-electron chi connectivity index (χ0n) is 10.9. The Balaban J connectivity index is 2.22. The fourth-order valence-electron chi connectivity index (χ4n) is 2.34. The van der Waals surface area contributed by atoms with Crippen LogP contribution in [0.1, 0.15) is 44.9 Å². The highest BCUT2D eigenvalue weighted by Gasteiger charge is 2.27. The van der Waals surface area contributed by atoms with Crippen molar-refractivity contribution in [1.82, 2.24) is 4.90 Å². The van der Waals surface area contributed by atoms with Crippen molar-refractivity contribution in [2.24, 2.45) is 11.7 Å². The first-order valence-corrected chi connectivity index (χ1v) is 6.85. The van der Waals surface area contributed by atoms with Gasteiger partial charge in [-0.3, -0.25) is 9.59 Å². The molecule has 0 aromatic carbocycles. The van der Waals surface area contributed by atoms with Gasteiger partial charge in [-0.2, -0.15) is 0 Å². The Bertz CT molecular complexity index is 281. The molecule has 3 N–H and O–H groups in total. The van der Waals surface area contributed by atoms with Gasteiger partial charge >= 0.3 is 5.97 Å². The quantitative estimate of drug-likeness (QED) is 0.671. The van der Waals surface area contributed by atoms with Gasteiger partial charge in [0.15, 0.2) is 0 Å². The van der Waals surface area contributed by atoms with Crippen LogP contribution in [0.2, 0.25) is 0 Å². The van der Waals surface area contributed by atoms with Crippen LogP contribution >= 0.6 is 0 Å². The van der Waals surface area contributed by atoms with Crippen molar-refractivity contribution >= 4 is 11.9 Å². The Labute approximate surface area is 108 Å². The van der Waals surface area contributed by atoms with Gasteiger partial charge in [-0.1, -0.05) is 12.8 Å². The minimum Gasteiger partial charge on any atom is -0.481 e. The van der Waals surface area contributed by atoms with E-state index in [1.165, 1.54) is 0 Å². The number of aliphatic carboxylic acids is 1. The van der Waals surface area contributed by atoms with Crippen LogP contribution in [0, 0.1) is 5.92 Å². The maximum absolute atomic E-state index is 11.9. The molecule has 0 unspecified atom stereocenters. The zero-order chi connectivity index (χ0) is 13.4. The first-order valence-electron chi connectivity index (χ1n) is 6.85. The molecule has 0 radical (unpaired) electrons. The van der Waals surface area contributed by atoms with Gasteiger partial charge in [0.2, 0.25) is 5.91 Å². The topological polar surface area (TPSA) is 83.6 Å². The predicted molar refractivity (Wildman–Crippen MR) is 69.1 cm³/mol. The van der Waals surface area contributed by atoms with Crippen molar-refractivity contribution in [1.29, 1.82) is 0 Å². The molecule has 18 heavy (non-hydrogen) atoms. The van der Waals surface area contributed by atoms with E-state index in [4.69, 9.17) is 10.8 Å². The molecule has 5 nitrogen and oxygen atoms in total. The van der Waals surface area contributed by atoms with E-state index >= 15 is 0 Å². The molecule has 1 aliphatic rings. The smallest absolute Gasteiger partial charge is 0.308 e. The third-order valence-electron chi connectivity index (χ3n) is 3.47. The van der Waals surface area contributed by atoms with E-state index in [9.17, 15) is 9.59 Å². The Morgan fingerprint density at radius 2 is 1.94 bits per heavy atom. The number of carbonyl (C=O) groups is 2. The third kappa shape index (κ3) is 5.04. The molecular weight excluding hydrogens is 232 g/mol. The maximum Gasteiger partial charge on any atom is 0.308 e. The lowest BCUT2D eigenvalue weighted by atomic mass is 9.98. The molecule has 1 heterocycles. The summed E-state index contributed by atoms with van der Waals surface area (Å²) in [5.41, 5.74) is 5.40. The van der Waals surface area contributed by atoms with Gasteiger partial charge in [-0.25, -0.2) is 0 Å². The van der Waals surface area contributed by atoms with E-state index in [1.54, 1.807) is 4.90 Å². The highest BCUT2D eigenvalue weighted by molar-refractivity contribution is 5.78. The summed E-state index contributed by atoms with van der Waals surface area (Å²) >= 11 is 0. The number of hydrogen-bond acceptors (Lipinski definition) is 3. The Morgan fingerprint density at radius 3 is 2.61 bits per heavy atom. The first-order chi connectivity index (χ1) is 8.65. The zero-order valence-corrected chi connectivity index (χ0v) is 10.9. The number of piperidine rings is 1. The highest BCUT2D eigenvalue weighted by atomic mass is 16.4. The van der Waals surface area contributed by atoms with Gasteiger partial charge in [0, 0.05) is 19.5 Å². The fourth-order valence-corrected chi connectivity index (χ4v) is 2.34. The second-order valence-corrected chi connectivity index (χ2v) is 4.97. The lowest BCUT2D eigenvalue weighted by molar-refractivity contribution is -0.145. The Morgan fingerprint density at radius 1 is 1.22 bits per heavy atom. The summed E-state index contributed by atoms with van der Waals surface area (Å²) in [4.78, 5) is 24.5. The molecule has 1 amide bonds. The lowest BCUT2D eigenvalue weighted by Gasteiger charge is -2.30. The lowest BCUT2D eigenvalue weighted by Crippen LogP contribution is -2.42. The Hall–Kier alpha value is -1.10. The Kier molecular flexibility index (Phi) is 6.72. The molecule has 0 spiro atoms.